The zero-order valence-electron chi connectivity index (χ0n) is 11.7. The highest BCUT2D eigenvalue weighted by molar-refractivity contribution is 5.60. The standard InChI is InChI=1S/C17H19N3/c1-20(10-9-14-5-3-2-4-6-14)17-8-7-15(12-18)11-16(17)13-19/h2-8,11H,9-10,12,18H2,1H3. The van der Waals surface area contributed by atoms with E-state index < -0.39 is 0 Å². The SMILES string of the molecule is CN(CCc1ccccc1)c1ccc(CN)cc1C#N. The second kappa shape index (κ2) is 6.74. The van der Waals surface area contributed by atoms with Gasteiger partial charge in [-0.2, -0.15) is 5.26 Å². The van der Waals surface area contributed by atoms with Gasteiger partial charge in [0.15, 0.2) is 0 Å². The van der Waals surface area contributed by atoms with Crippen LogP contribution in [0, 0.1) is 11.3 Å². The molecule has 0 bridgehead atoms. The Morgan fingerprint density at radius 3 is 2.50 bits per heavy atom. The molecular formula is C17H19N3. The second-order valence-corrected chi connectivity index (χ2v) is 4.82. The van der Waals surface area contributed by atoms with Gasteiger partial charge in [0.2, 0.25) is 0 Å². The third-order valence-electron chi connectivity index (χ3n) is 3.41. The Hall–Kier alpha value is -2.31. The summed E-state index contributed by atoms with van der Waals surface area (Å²) < 4.78 is 0. The Balaban J connectivity index is 2.09. The molecule has 102 valence electrons. The lowest BCUT2D eigenvalue weighted by molar-refractivity contribution is 0.874. The maximum Gasteiger partial charge on any atom is 0.101 e. The van der Waals surface area contributed by atoms with E-state index in [0.717, 1.165) is 24.2 Å². The summed E-state index contributed by atoms with van der Waals surface area (Å²) in [6.45, 7) is 1.34. The van der Waals surface area contributed by atoms with Crippen molar-refractivity contribution in [1.82, 2.24) is 0 Å². The molecule has 0 unspecified atom stereocenters. The summed E-state index contributed by atoms with van der Waals surface area (Å²) in [4.78, 5) is 2.12. The maximum atomic E-state index is 9.26. The van der Waals surface area contributed by atoms with E-state index in [1.54, 1.807) is 0 Å². The van der Waals surface area contributed by atoms with Gasteiger partial charge in [-0.15, -0.1) is 0 Å². The first-order chi connectivity index (χ1) is 9.74. The monoisotopic (exact) mass is 265 g/mol. The summed E-state index contributed by atoms with van der Waals surface area (Å²) in [7, 11) is 2.02. The smallest absolute Gasteiger partial charge is 0.101 e. The van der Waals surface area contributed by atoms with Crippen molar-refractivity contribution in [3.05, 3.63) is 65.2 Å². The Morgan fingerprint density at radius 1 is 1.10 bits per heavy atom. The van der Waals surface area contributed by atoms with E-state index in [9.17, 15) is 5.26 Å². The molecule has 2 aromatic rings. The molecule has 0 aliphatic carbocycles. The molecule has 0 heterocycles. The van der Waals surface area contributed by atoms with Gasteiger partial charge in [0.25, 0.3) is 0 Å². The van der Waals surface area contributed by atoms with Gasteiger partial charge < -0.3 is 10.6 Å². The predicted molar refractivity (Wildman–Crippen MR) is 82.5 cm³/mol. The van der Waals surface area contributed by atoms with Gasteiger partial charge in [0.1, 0.15) is 6.07 Å². The van der Waals surface area contributed by atoms with Crippen LogP contribution in [0.15, 0.2) is 48.5 Å². The second-order valence-electron chi connectivity index (χ2n) is 4.82. The van der Waals surface area contributed by atoms with Gasteiger partial charge in [-0.1, -0.05) is 36.4 Å². The third kappa shape index (κ3) is 3.37. The quantitative estimate of drug-likeness (QED) is 0.904. The fourth-order valence-corrected chi connectivity index (χ4v) is 2.19. The molecule has 0 radical (unpaired) electrons. The molecule has 0 aliphatic heterocycles. The minimum absolute atomic E-state index is 0.461. The van der Waals surface area contributed by atoms with E-state index in [0.29, 0.717) is 12.1 Å². The molecule has 2 aromatic carbocycles. The van der Waals surface area contributed by atoms with Crippen LogP contribution in [-0.2, 0) is 13.0 Å². The Morgan fingerprint density at radius 2 is 1.85 bits per heavy atom. The molecule has 0 atom stereocenters. The van der Waals surface area contributed by atoms with Gasteiger partial charge in [0.05, 0.1) is 11.3 Å². The van der Waals surface area contributed by atoms with Gasteiger partial charge >= 0.3 is 0 Å². The molecule has 0 fully saturated rings. The summed E-state index contributed by atoms with van der Waals surface area (Å²) >= 11 is 0. The normalized spacial score (nSPS) is 10.1. The molecule has 0 saturated heterocycles. The molecule has 2 N–H and O–H groups in total. The number of hydrogen-bond donors (Lipinski definition) is 1. The van der Waals surface area contributed by atoms with Crippen LogP contribution in [0.4, 0.5) is 5.69 Å². The number of nitrogens with two attached hydrogens (primary N) is 1. The highest BCUT2D eigenvalue weighted by atomic mass is 15.1. The lowest BCUT2D eigenvalue weighted by Gasteiger charge is -2.21. The van der Waals surface area contributed by atoms with E-state index in [-0.39, 0.29) is 0 Å². The molecule has 0 aromatic heterocycles. The first kappa shape index (κ1) is 14.1. The van der Waals surface area contributed by atoms with Crippen LogP contribution < -0.4 is 10.6 Å². The van der Waals surface area contributed by atoms with Crippen molar-refractivity contribution < 1.29 is 0 Å². The van der Waals surface area contributed by atoms with Crippen LogP contribution in [0.25, 0.3) is 0 Å². The van der Waals surface area contributed by atoms with Crippen LogP contribution >= 0.6 is 0 Å². The maximum absolute atomic E-state index is 9.26. The summed E-state index contributed by atoms with van der Waals surface area (Å²) in [6, 6.07) is 18.4. The average molecular weight is 265 g/mol. The predicted octanol–water partition coefficient (Wildman–Crippen LogP) is 2.70. The minimum atomic E-state index is 0.461. The van der Waals surface area contributed by atoms with E-state index in [1.807, 2.05) is 43.4 Å². The van der Waals surface area contributed by atoms with Crippen LogP contribution in [0.5, 0.6) is 0 Å². The lowest BCUT2D eigenvalue weighted by atomic mass is 10.1. The van der Waals surface area contributed by atoms with Crippen molar-refractivity contribution in [2.75, 3.05) is 18.5 Å². The number of hydrogen-bond acceptors (Lipinski definition) is 3. The summed E-state index contributed by atoms with van der Waals surface area (Å²) in [5.74, 6) is 0. The largest absolute Gasteiger partial charge is 0.373 e. The fraction of sp³-hybridized carbons (Fsp3) is 0.235. The number of nitriles is 1. The van der Waals surface area contributed by atoms with Gasteiger partial charge in [0, 0.05) is 20.1 Å². The fourth-order valence-electron chi connectivity index (χ4n) is 2.19. The molecule has 0 spiro atoms. The van der Waals surface area contributed by atoms with Crippen LogP contribution in [0.3, 0.4) is 0 Å². The van der Waals surface area contributed by atoms with E-state index >= 15 is 0 Å². The average Bonchev–Trinajstić information content (AvgIpc) is 2.52. The van der Waals surface area contributed by atoms with Gasteiger partial charge in [-0.3, -0.25) is 0 Å². The number of anilines is 1. The van der Waals surface area contributed by atoms with Crippen molar-refractivity contribution in [3.8, 4) is 6.07 Å². The Bertz CT molecular complexity index is 599. The highest BCUT2D eigenvalue weighted by Crippen LogP contribution is 2.20. The minimum Gasteiger partial charge on any atom is -0.373 e. The molecule has 3 nitrogen and oxygen atoms in total. The zero-order chi connectivity index (χ0) is 14.4. The van der Waals surface area contributed by atoms with Crippen molar-refractivity contribution in [2.45, 2.75) is 13.0 Å². The first-order valence-electron chi connectivity index (χ1n) is 6.72. The molecule has 0 amide bonds. The lowest BCUT2D eigenvalue weighted by Crippen LogP contribution is -2.21. The molecule has 0 aliphatic rings. The summed E-state index contributed by atoms with van der Waals surface area (Å²) in [5.41, 5.74) is 9.54. The van der Waals surface area contributed by atoms with E-state index in [1.165, 1.54) is 5.56 Å². The van der Waals surface area contributed by atoms with Gasteiger partial charge in [-0.05, 0) is 29.7 Å². The molecule has 0 saturated carbocycles. The highest BCUT2D eigenvalue weighted by Gasteiger charge is 2.08. The number of rotatable bonds is 5. The summed E-state index contributed by atoms with van der Waals surface area (Å²) in [5, 5.41) is 9.26. The van der Waals surface area contributed by atoms with E-state index in [4.69, 9.17) is 5.73 Å². The number of benzene rings is 2. The molecular weight excluding hydrogens is 246 g/mol. The van der Waals surface area contributed by atoms with Crippen LogP contribution in [0.2, 0.25) is 0 Å². The number of likely N-dealkylation sites (N-methyl/N-ethyl adjacent to an activating group) is 1. The topological polar surface area (TPSA) is 53.0 Å². The molecule has 2 rings (SSSR count). The number of nitrogens with zero attached hydrogens (tertiary/aromatic N) is 2. The van der Waals surface area contributed by atoms with Crippen molar-refractivity contribution in [2.24, 2.45) is 5.73 Å². The molecule has 3 heteroatoms. The third-order valence-corrected chi connectivity index (χ3v) is 3.41. The van der Waals surface area contributed by atoms with E-state index in [2.05, 4.69) is 23.1 Å². The van der Waals surface area contributed by atoms with Crippen molar-refractivity contribution >= 4 is 5.69 Å². The van der Waals surface area contributed by atoms with Crippen molar-refractivity contribution in [3.63, 3.8) is 0 Å². The van der Waals surface area contributed by atoms with Crippen LogP contribution in [-0.4, -0.2) is 13.6 Å². The first-order valence-corrected chi connectivity index (χ1v) is 6.72. The van der Waals surface area contributed by atoms with Crippen molar-refractivity contribution in [1.29, 1.82) is 5.26 Å². The zero-order valence-corrected chi connectivity index (χ0v) is 11.7. The Labute approximate surface area is 120 Å². The summed E-state index contributed by atoms with van der Waals surface area (Å²) in [6.07, 6.45) is 0.959. The van der Waals surface area contributed by atoms with Crippen LogP contribution in [0.1, 0.15) is 16.7 Å². The van der Waals surface area contributed by atoms with Gasteiger partial charge in [-0.25, -0.2) is 0 Å². The Kier molecular flexibility index (Phi) is 4.75. The molecule has 20 heavy (non-hydrogen) atoms.